The number of carbonyl (C=O) groups is 1. The molecular weight excluding hydrogens is 294 g/mol. The number of benzene rings is 1. The Hall–Kier alpha value is -3.28. The first-order valence-electron chi connectivity index (χ1n) is 6.93. The highest BCUT2D eigenvalue weighted by Crippen LogP contribution is 2.12. The summed E-state index contributed by atoms with van der Waals surface area (Å²) in [6.07, 6.45) is 3.03. The molecule has 6 heteroatoms. The fourth-order valence-electron chi connectivity index (χ4n) is 2.08. The van der Waals surface area contributed by atoms with Crippen LogP contribution in [0.25, 0.3) is 11.0 Å². The lowest BCUT2D eigenvalue weighted by Gasteiger charge is -2.03. The van der Waals surface area contributed by atoms with Crippen molar-refractivity contribution in [1.29, 1.82) is 0 Å². The van der Waals surface area contributed by atoms with Crippen LogP contribution in [0.1, 0.15) is 22.8 Å². The van der Waals surface area contributed by atoms with E-state index in [1.54, 1.807) is 37.3 Å². The van der Waals surface area contributed by atoms with Gasteiger partial charge in [0.2, 0.25) is 0 Å². The summed E-state index contributed by atoms with van der Waals surface area (Å²) in [6.45, 7) is 1.63. The third kappa shape index (κ3) is 3.16. The van der Waals surface area contributed by atoms with E-state index in [1.807, 2.05) is 12.1 Å². The largest absolute Gasteiger partial charge is 0.422 e. The Labute approximate surface area is 131 Å². The SMILES string of the molecule is C/C(=N\NC(=O)c1ccncc1)c1cc2ccccc2oc1=O. The summed E-state index contributed by atoms with van der Waals surface area (Å²) in [5.41, 5.74) is 3.53. The number of carbonyl (C=O) groups excluding carboxylic acids is 1. The molecule has 0 saturated heterocycles. The van der Waals surface area contributed by atoms with Gasteiger partial charge in [-0.3, -0.25) is 9.78 Å². The van der Waals surface area contributed by atoms with Crippen molar-refractivity contribution in [3.05, 3.63) is 76.4 Å². The zero-order chi connectivity index (χ0) is 16.2. The highest BCUT2D eigenvalue weighted by molar-refractivity contribution is 6.02. The molecule has 114 valence electrons. The van der Waals surface area contributed by atoms with E-state index in [9.17, 15) is 9.59 Å². The molecule has 0 radical (unpaired) electrons. The van der Waals surface area contributed by atoms with E-state index in [1.165, 1.54) is 12.4 Å². The fourth-order valence-corrected chi connectivity index (χ4v) is 2.08. The van der Waals surface area contributed by atoms with Crippen molar-refractivity contribution in [3.8, 4) is 0 Å². The number of hydrogen-bond donors (Lipinski definition) is 1. The Balaban J connectivity index is 1.88. The van der Waals surface area contributed by atoms with Crippen LogP contribution in [0, 0.1) is 0 Å². The first kappa shape index (κ1) is 14.6. The zero-order valence-corrected chi connectivity index (χ0v) is 12.3. The lowest BCUT2D eigenvalue weighted by Crippen LogP contribution is -2.21. The fraction of sp³-hybridized carbons (Fsp3) is 0.0588. The maximum Gasteiger partial charge on any atom is 0.345 e. The van der Waals surface area contributed by atoms with Crippen molar-refractivity contribution in [3.63, 3.8) is 0 Å². The van der Waals surface area contributed by atoms with Gasteiger partial charge >= 0.3 is 5.63 Å². The van der Waals surface area contributed by atoms with Gasteiger partial charge in [0.15, 0.2) is 0 Å². The molecule has 1 aromatic carbocycles. The van der Waals surface area contributed by atoms with Gasteiger partial charge in [-0.15, -0.1) is 0 Å². The molecule has 0 unspecified atom stereocenters. The standard InChI is InChI=1S/C17H13N3O3/c1-11(19-20-16(21)12-6-8-18-9-7-12)14-10-13-4-2-3-5-15(13)23-17(14)22/h2-10H,1H3,(H,20,21)/b19-11+. The molecule has 0 atom stereocenters. The van der Waals surface area contributed by atoms with Crippen molar-refractivity contribution in [2.24, 2.45) is 5.10 Å². The first-order valence-corrected chi connectivity index (χ1v) is 6.93. The second kappa shape index (κ2) is 6.23. The van der Waals surface area contributed by atoms with Crippen LogP contribution >= 0.6 is 0 Å². The van der Waals surface area contributed by atoms with Crippen LogP contribution in [0.3, 0.4) is 0 Å². The van der Waals surface area contributed by atoms with Crippen molar-refractivity contribution >= 4 is 22.6 Å². The van der Waals surface area contributed by atoms with E-state index >= 15 is 0 Å². The Bertz CT molecular complexity index is 946. The number of fused-ring (bicyclic) bond motifs is 1. The van der Waals surface area contributed by atoms with Crippen molar-refractivity contribution in [2.45, 2.75) is 6.92 Å². The quantitative estimate of drug-likeness (QED) is 0.457. The number of pyridine rings is 1. The molecule has 23 heavy (non-hydrogen) atoms. The van der Waals surface area contributed by atoms with Gasteiger partial charge in [0.25, 0.3) is 5.91 Å². The molecule has 1 N–H and O–H groups in total. The van der Waals surface area contributed by atoms with E-state index in [-0.39, 0.29) is 5.91 Å². The van der Waals surface area contributed by atoms with Gasteiger partial charge in [0, 0.05) is 23.3 Å². The van der Waals surface area contributed by atoms with Gasteiger partial charge in [-0.1, -0.05) is 18.2 Å². The summed E-state index contributed by atoms with van der Waals surface area (Å²) < 4.78 is 5.25. The van der Waals surface area contributed by atoms with Crippen molar-refractivity contribution in [1.82, 2.24) is 10.4 Å². The lowest BCUT2D eigenvalue weighted by molar-refractivity contribution is 0.0954. The predicted octanol–water partition coefficient (Wildman–Crippen LogP) is 2.34. The summed E-state index contributed by atoms with van der Waals surface area (Å²) >= 11 is 0. The van der Waals surface area contributed by atoms with Gasteiger partial charge in [-0.25, -0.2) is 10.2 Å². The average Bonchev–Trinajstić information content (AvgIpc) is 2.59. The van der Waals surface area contributed by atoms with Gasteiger partial charge < -0.3 is 4.42 Å². The molecule has 0 spiro atoms. The van der Waals surface area contributed by atoms with Crippen LogP contribution < -0.4 is 11.1 Å². The van der Waals surface area contributed by atoms with Crippen LogP contribution in [-0.4, -0.2) is 16.6 Å². The summed E-state index contributed by atoms with van der Waals surface area (Å²) in [5.74, 6) is -0.378. The van der Waals surface area contributed by atoms with Gasteiger partial charge in [-0.05, 0) is 31.2 Å². The zero-order valence-electron chi connectivity index (χ0n) is 12.3. The van der Waals surface area contributed by atoms with Gasteiger partial charge in [0.05, 0.1) is 11.3 Å². The Morgan fingerprint density at radius 3 is 2.70 bits per heavy atom. The number of amides is 1. The second-order valence-electron chi connectivity index (χ2n) is 4.86. The Morgan fingerprint density at radius 2 is 1.91 bits per heavy atom. The molecule has 6 nitrogen and oxygen atoms in total. The normalized spacial score (nSPS) is 11.4. The molecular formula is C17H13N3O3. The average molecular weight is 307 g/mol. The van der Waals surface area contributed by atoms with E-state index in [4.69, 9.17) is 4.42 Å². The lowest BCUT2D eigenvalue weighted by atomic mass is 10.1. The Morgan fingerprint density at radius 1 is 1.17 bits per heavy atom. The Kier molecular flexibility index (Phi) is 3.97. The number of rotatable bonds is 3. The molecule has 3 rings (SSSR count). The van der Waals surface area contributed by atoms with Crippen LogP contribution in [0.4, 0.5) is 0 Å². The molecule has 0 aliphatic carbocycles. The van der Waals surface area contributed by atoms with Crippen LogP contribution in [0.2, 0.25) is 0 Å². The molecule has 0 aliphatic heterocycles. The first-order chi connectivity index (χ1) is 11.1. The maximum atomic E-state index is 12.0. The molecule has 0 saturated carbocycles. The van der Waals surface area contributed by atoms with Gasteiger partial charge in [-0.2, -0.15) is 5.10 Å². The molecule has 0 aliphatic rings. The van der Waals surface area contributed by atoms with Crippen molar-refractivity contribution in [2.75, 3.05) is 0 Å². The number of nitrogens with one attached hydrogen (secondary N) is 1. The molecule has 3 aromatic rings. The number of aromatic nitrogens is 1. The topological polar surface area (TPSA) is 84.6 Å². The summed E-state index contributed by atoms with van der Waals surface area (Å²) in [6, 6.07) is 12.0. The maximum absolute atomic E-state index is 12.0. The van der Waals surface area contributed by atoms with Crippen molar-refractivity contribution < 1.29 is 9.21 Å². The van der Waals surface area contributed by atoms with Crippen LogP contribution in [-0.2, 0) is 0 Å². The predicted molar refractivity (Wildman–Crippen MR) is 86.4 cm³/mol. The summed E-state index contributed by atoms with van der Waals surface area (Å²) in [4.78, 5) is 27.8. The number of hydrogen-bond acceptors (Lipinski definition) is 5. The van der Waals surface area contributed by atoms with E-state index in [0.29, 0.717) is 22.4 Å². The molecule has 2 aromatic heterocycles. The molecule has 0 bridgehead atoms. The smallest absolute Gasteiger partial charge is 0.345 e. The molecule has 2 heterocycles. The van der Waals surface area contributed by atoms with Gasteiger partial charge in [0.1, 0.15) is 5.58 Å². The number of nitrogens with zero attached hydrogens (tertiary/aromatic N) is 2. The van der Waals surface area contributed by atoms with E-state index < -0.39 is 5.63 Å². The monoisotopic (exact) mass is 307 g/mol. The van der Waals surface area contributed by atoms with E-state index in [0.717, 1.165) is 5.39 Å². The minimum absolute atomic E-state index is 0.304. The second-order valence-corrected chi connectivity index (χ2v) is 4.86. The highest BCUT2D eigenvalue weighted by atomic mass is 16.4. The summed E-state index contributed by atoms with van der Waals surface area (Å²) in [7, 11) is 0. The summed E-state index contributed by atoms with van der Waals surface area (Å²) in [5, 5.41) is 4.76. The number of hydrazone groups is 1. The number of para-hydroxylation sites is 1. The third-order valence-electron chi connectivity index (χ3n) is 3.30. The highest BCUT2D eigenvalue weighted by Gasteiger charge is 2.09. The minimum atomic E-state index is -0.497. The minimum Gasteiger partial charge on any atom is -0.422 e. The third-order valence-corrected chi connectivity index (χ3v) is 3.30. The molecule has 0 fully saturated rings. The van der Waals surface area contributed by atoms with E-state index in [2.05, 4.69) is 15.5 Å². The van der Waals surface area contributed by atoms with Crippen LogP contribution in [0.15, 0.2) is 69.2 Å². The van der Waals surface area contributed by atoms with Crippen LogP contribution in [0.5, 0.6) is 0 Å². The molecule has 1 amide bonds.